The summed E-state index contributed by atoms with van der Waals surface area (Å²) in [5.41, 5.74) is 1.76. The molecule has 0 saturated carbocycles. The van der Waals surface area contributed by atoms with Gasteiger partial charge in [-0.2, -0.15) is 0 Å². The number of benzene rings is 2. The van der Waals surface area contributed by atoms with E-state index in [1.807, 2.05) is 54.6 Å². The van der Waals surface area contributed by atoms with E-state index in [1.54, 1.807) is 12.1 Å². The van der Waals surface area contributed by atoms with Crippen molar-refractivity contribution in [2.45, 2.75) is 30.6 Å². The van der Waals surface area contributed by atoms with Gasteiger partial charge in [0.25, 0.3) is 0 Å². The van der Waals surface area contributed by atoms with E-state index in [0.717, 1.165) is 30.4 Å². The molecule has 0 saturated heterocycles. The molecule has 0 spiro atoms. The molecule has 0 fully saturated rings. The minimum atomic E-state index is -3.30. The van der Waals surface area contributed by atoms with Crippen LogP contribution in [0.4, 0.5) is 0 Å². The zero-order valence-corrected chi connectivity index (χ0v) is 14.6. The van der Waals surface area contributed by atoms with Gasteiger partial charge in [-0.3, -0.25) is 0 Å². The third-order valence-corrected chi connectivity index (χ3v) is 5.70. The predicted octanol–water partition coefficient (Wildman–Crippen LogP) is 4.18. The van der Waals surface area contributed by atoms with Gasteiger partial charge in [-0.1, -0.05) is 73.5 Å². The monoisotopic (exact) mass is 344 g/mol. The van der Waals surface area contributed by atoms with Gasteiger partial charge in [0.2, 0.25) is 0 Å². The summed E-state index contributed by atoms with van der Waals surface area (Å²) in [5.74, 6) is 0.147. The van der Waals surface area contributed by atoms with E-state index < -0.39 is 9.84 Å². The van der Waals surface area contributed by atoms with E-state index in [4.69, 9.17) is 5.11 Å². The summed E-state index contributed by atoms with van der Waals surface area (Å²) in [6, 6.07) is 16.9. The van der Waals surface area contributed by atoms with Crippen LogP contribution in [0.1, 0.15) is 36.8 Å². The Morgan fingerprint density at radius 2 is 1.46 bits per heavy atom. The second-order valence-electron chi connectivity index (χ2n) is 5.74. The molecule has 0 heterocycles. The van der Waals surface area contributed by atoms with Crippen LogP contribution in [0, 0.1) is 0 Å². The average molecular weight is 344 g/mol. The summed E-state index contributed by atoms with van der Waals surface area (Å²) in [6.07, 6.45) is 6.82. The molecule has 0 unspecified atom stereocenters. The fraction of sp³-hybridized carbons (Fsp3) is 0.300. The van der Waals surface area contributed by atoms with Crippen LogP contribution in [-0.2, 0) is 9.84 Å². The average Bonchev–Trinajstić information content (AvgIpc) is 2.61. The molecule has 0 amide bonds. The topological polar surface area (TPSA) is 54.4 Å². The SMILES string of the molecule is O=S(=O)(CCCCCCO)c1ccccc1C=Cc1ccccc1. The van der Waals surface area contributed by atoms with Crippen molar-refractivity contribution in [3.63, 3.8) is 0 Å². The second kappa shape index (κ2) is 9.40. The van der Waals surface area contributed by atoms with E-state index in [9.17, 15) is 8.42 Å². The van der Waals surface area contributed by atoms with Crippen LogP contribution >= 0.6 is 0 Å². The Hall–Kier alpha value is -1.91. The lowest BCUT2D eigenvalue weighted by Crippen LogP contribution is -2.08. The van der Waals surface area contributed by atoms with E-state index >= 15 is 0 Å². The Labute approximate surface area is 144 Å². The Morgan fingerprint density at radius 3 is 2.21 bits per heavy atom. The van der Waals surface area contributed by atoms with Crippen molar-refractivity contribution in [2.24, 2.45) is 0 Å². The molecule has 0 aliphatic carbocycles. The zero-order chi connectivity index (χ0) is 17.3. The Balaban J connectivity index is 2.11. The first kappa shape index (κ1) is 18.4. The van der Waals surface area contributed by atoms with E-state index in [1.165, 1.54) is 0 Å². The van der Waals surface area contributed by atoms with Gasteiger partial charge in [0.15, 0.2) is 9.84 Å². The van der Waals surface area contributed by atoms with Crippen LogP contribution in [0.15, 0.2) is 59.5 Å². The molecular formula is C20H24O3S. The fourth-order valence-electron chi connectivity index (χ4n) is 2.52. The number of rotatable bonds is 9. The molecule has 24 heavy (non-hydrogen) atoms. The van der Waals surface area contributed by atoms with Crippen molar-refractivity contribution >= 4 is 22.0 Å². The molecule has 2 rings (SSSR count). The van der Waals surface area contributed by atoms with Gasteiger partial charge in [-0.05, 0) is 30.0 Å². The highest BCUT2D eigenvalue weighted by atomic mass is 32.2. The molecule has 4 heteroatoms. The molecule has 2 aromatic carbocycles. The molecule has 0 bridgehead atoms. The summed E-state index contributed by atoms with van der Waals surface area (Å²) >= 11 is 0. The minimum Gasteiger partial charge on any atom is -0.396 e. The lowest BCUT2D eigenvalue weighted by Gasteiger charge is -2.08. The maximum Gasteiger partial charge on any atom is 0.178 e. The predicted molar refractivity (Wildman–Crippen MR) is 99.4 cm³/mol. The number of hydrogen-bond donors (Lipinski definition) is 1. The van der Waals surface area contributed by atoms with Crippen molar-refractivity contribution in [1.29, 1.82) is 0 Å². The summed E-state index contributed by atoms with van der Waals surface area (Å²) in [4.78, 5) is 0.388. The second-order valence-corrected chi connectivity index (χ2v) is 7.82. The van der Waals surface area contributed by atoms with Gasteiger partial charge in [-0.25, -0.2) is 8.42 Å². The van der Waals surface area contributed by atoms with E-state index in [2.05, 4.69) is 0 Å². The molecular weight excluding hydrogens is 320 g/mol. The number of unbranched alkanes of at least 4 members (excludes halogenated alkanes) is 3. The normalized spacial score (nSPS) is 11.9. The highest BCUT2D eigenvalue weighted by Gasteiger charge is 2.16. The number of aliphatic hydroxyl groups excluding tert-OH is 1. The van der Waals surface area contributed by atoms with Crippen molar-refractivity contribution in [2.75, 3.05) is 12.4 Å². The van der Waals surface area contributed by atoms with Crippen LogP contribution in [-0.4, -0.2) is 25.9 Å². The van der Waals surface area contributed by atoms with Crippen molar-refractivity contribution < 1.29 is 13.5 Å². The third-order valence-electron chi connectivity index (χ3n) is 3.83. The van der Waals surface area contributed by atoms with E-state index in [0.29, 0.717) is 11.3 Å². The number of hydrogen-bond acceptors (Lipinski definition) is 3. The molecule has 0 radical (unpaired) electrons. The molecule has 0 aliphatic heterocycles. The van der Waals surface area contributed by atoms with Crippen molar-refractivity contribution in [3.05, 3.63) is 65.7 Å². The van der Waals surface area contributed by atoms with Crippen LogP contribution < -0.4 is 0 Å². The maximum absolute atomic E-state index is 12.6. The van der Waals surface area contributed by atoms with Gasteiger partial charge in [0, 0.05) is 6.61 Å². The molecule has 1 N–H and O–H groups in total. The summed E-state index contributed by atoms with van der Waals surface area (Å²) in [6.45, 7) is 0.167. The molecule has 3 nitrogen and oxygen atoms in total. The molecule has 0 atom stereocenters. The highest BCUT2D eigenvalue weighted by Crippen LogP contribution is 2.21. The highest BCUT2D eigenvalue weighted by molar-refractivity contribution is 7.91. The van der Waals surface area contributed by atoms with Gasteiger partial charge in [-0.15, -0.1) is 0 Å². The molecule has 2 aromatic rings. The smallest absolute Gasteiger partial charge is 0.178 e. The van der Waals surface area contributed by atoms with Crippen LogP contribution in [0.2, 0.25) is 0 Å². The number of aliphatic hydroxyl groups is 1. The Kier molecular flexibility index (Phi) is 7.22. The lowest BCUT2D eigenvalue weighted by atomic mass is 10.1. The Bertz CT molecular complexity index is 749. The number of sulfone groups is 1. The van der Waals surface area contributed by atoms with Crippen LogP contribution in [0.25, 0.3) is 12.2 Å². The fourth-order valence-corrected chi connectivity index (χ4v) is 4.10. The summed E-state index contributed by atoms with van der Waals surface area (Å²) in [5, 5.41) is 8.77. The quantitative estimate of drug-likeness (QED) is 0.548. The zero-order valence-electron chi connectivity index (χ0n) is 13.8. The van der Waals surface area contributed by atoms with Gasteiger partial charge >= 0.3 is 0 Å². The molecule has 0 aromatic heterocycles. The van der Waals surface area contributed by atoms with Gasteiger partial charge in [0.1, 0.15) is 0 Å². The van der Waals surface area contributed by atoms with Crippen LogP contribution in [0.3, 0.4) is 0 Å². The van der Waals surface area contributed by atoms with E-state index in [-0.39, 0.29) is 12.4 Å². The van der Waals surface area contributed by atoms with Crippen molar-refractivity contribution in [3.8, 4) is 0 Å². The standard InChI is InChI=1S/C20H24O3S/c21-16-8-1-2-9-17-24(22,23)20-13-7-6-12-19(20)15-14-18-10-4-3-5-11-18/h3-7,10-15,21H,1-2,8-9,16-17H2. The first-order valence-corrected chi connectivity index (χ1v) is 9.94. The van der Waals surface area contributed by atoms with Gasteiger partial charge < -0.3 is 5.11 Å². The minimum absolute atomic E-state index is 0.147. The maximum atomic E-state index is 12.6. The van der Waals surface area contributed by atoms with Gasteiger partial charge in [0.05, 0.1) is 10.6 Å². The Morgan fingerprint density at radius 1 is 0.792 bits per heavy atom. The first-order valence-electron chi connectivity index (χ1n) is 8.29. The first-order chi connectivity index (χ1) is 11.6. The molecule has 0 aliphatic rings. The summed E-state index contributed by atoms with van der Waals surface area (Å²) < 4.78 is 25.2. The van der Waals surface area contributed by atoms with Crippen molar-refractivity contribution in [1.82, 2.24) is 0 Å². The summed E-state index contributed by atoms with van der Waals surface area (Å²) in [7, 11) is -3.30. The molecule has 128 valence electrons. The lowest BCUT2D eigenvalue weighted by molar-refractivity contribution is 0.283. The third kappa shape index (κ3) is 5.62. The van der Waals surface area contributed by atoms with Crippen LogP contribution in [0.5, 0.6) is 0 Å². The largest absolute Gasteiger partial charge is 0.396 e.